The number of aryl methyl sites for hydroxylation is 1. The number of rotatable bonds is 8. The lowest BCUT2D eigenvalue weighted by Gasteiger charge is -2.04. The van der Waals surface area contributed by atoms with E-state index < -0.39 is 0 Å². The van der Waals surface area contributed by atoms with Gasteiger partial charge in [-0.3, -0.25) is 9.59 Å². The number of Topliss-reactive ketones (excluding diaryl/α,β-unsaturated/α-hetero) is 1. The topological polar surface area (TPSA) is 68.3 Å². The first-order valence-electron chi connectivity index (χ1n) is 8.64. The molecule has 1 amide bonds. The standard InChI is InChI=1S/C21H20N2O3S2/c1-14-3-7-16(8-4-14)22-20(25)11-17-12-27-21(23-17)28-13-19(24)15-5-9-18(26-2)10-6-15/h3-10,12H,11,13H2,1-2H3,(H,22,25). The third-order valence-electron chi connectivity index (χ3n) is 3.95. The molecule has 0 saturated heterocycles. The third kappa shape index (κ3) is 5.68. The van der Waals surface area contributed by atoms with Gasteiger partial charge in [0.2, 0.25) is 5.91 Å². The van der Waals surface area contributed by atoms with Gasteiger partial charge in [0.25, 0.3) is 0 Å². The van der Waals surface area contributed by atoms with Gasteiger partial charge in [-0.05, 0) is 43.3 Å². The summed E-state index contributed by atoms with van der Waals surface area (Å²) in [6, 6.07) is 14.7. The zero-order valence-corrected chi connectivity index (χ0v) is 17.2. The summed E-state index contributed by atoms with van der Waals surface area (Å²) in [6.45, 7) is 2.00. The van der Waals surface area contributed by atoms with Crippen molar-refractivity contribution in [3.8, 4) is 5.75 Å². The maximum atomic E-state index is 12.3. The van der Waals surface area contributed by atoms with E-state index in [9.17, 15) is 9.59 Å². The second-order valence-electron chi connectivity index (χ2n) is 6.14. The van der Waals surface area contributed by atoms with Crippen LogP contribution >= 0.6 is 23.1 Å². The summed E-state index contributed by atoms with van der Waals surface area (Å²) < 4.78 is 5.88. The molecule has 1 aromatic heterocycles. The Morgan fingerprint density at radius 1 is 1.11 bits per heavy atom. The zero-order chi connectivity index (χ0) is 19.9. The number of hydrogen-bond donors (Lipinski definition) is 1. The van der Waals surface area contributed by atoms with Gasteiger partial charge >= 0.3 is 0 Å². The minimum Gasteiger partial charge on any atom is -0.497 e. The van der Waals surface area contributed by atoms with E-state index in [1.807, 2.05) is 36.6 Å². The van der Waals surface area contributed by atoms with Crippen LogP contribution in [0, 0.1) is 6.92 Å². The Bertz CT molecular complexity index is 951. The molecule has 0 fully saturated rings. The summed E-state index contributed by atoms with van der Waals surface area (Å²) >= 11 is 2.82. The van der Waals surface area contributed by atoms with Crippen LogP contribution < -0.4 is 10.1 Å². The van der Waals surface area contributed by atoms with Gasteiger partial charge in [0.05, 0.1) is 25.0 Å². The van der Waals surface area contributed by atoms with Crippen LogP contribution in [0.2, 0.25) is 0 Å². The molecule has 0 atom stereocenters. The molecular weight excluding hydrogens is 392 g/mol. The van der Waals surface area contributed by atoms with Crippen LogP contribution in [0.5, 0.6) is 5.75 Å². The van der Waals surface area contributed by atoms with Gasteiger partial charge in [-0.1, -0.05) is 29.5 Å². The van der Waals surface area contributed by atoms with Crippen LogP contribution in [-0.2, 0) is 11.2 Å². The molecule has 0 radical (unpaired) electrons. The Morgan fingerprint density at radius 2 is 1.82 bits per heavy atom. The van der Waals surface area contributed by atoms with Crippen molar-refractivity contribution in [1.82, 2.24) is 4.98 Å². The number of hydrogen-bond acceptors (Lipinski definition) is 6. The molecule has 3 rings (SSSR count). The van der Waals surface area contributed by atoms with Crippen molar-refractivity contribution in [2.75, 3.05) is 18.2 Å². The highest BCUT2D eigenvalue weighted by Gasteiger charge is 2.11. The summed E-state index contributed by atoms with van der Waals surface area (Å²) in [6.07, 6.45) is 0.206. The lowest BCUT2D eigenvalue weighted by Crippen LogP contribution is -2.14. The molecule has 0 bridgehead atoms. The van der Waals surface area contributed by atoms with E-state index in [0.717, 1.165) is 21.3 Å². The van der Waals surface area contributed by atoms with Crippen LogP contribution in [0.15, 0.2) is 58.3 Å². The van der Waals surface area contributed by atoms with Gasteiger partial charge < -0.3 is 10.1 Å². The largest absolute Gasteiger partial charge is 0.497 e. The number of carbonyl (C=O) groups excluding carboxylic acids is 2. The highest BCUT2D eigenvalue weighted by atomic mass is 32.2. The number of ether oxygens (including phenoxy) is 1. The molecule has 5 nitrogen and oxygen atoms in total. The van der Waals surface area contributed by atoms with Crippen molar-refractivity contribution >= 4 is 40.5 Å². The Kier molecular flexibility index (Phi) is 6.84. The number of benzene rings is 2. The molecular formula is C21H20N2O3S2. The normalized spacial score (nSPS) is 10.5. The Morgan fingerprint density at radius 3 is 2.50 bits per heavy atom. The van der Waals surface area contributed by atoms with Crippen LogP contribution in [0.4, 0.5) is 5.69 Å². The van der Waals surface area contributed by atoms with Crippen molar-refractivity contribution in [2.24, 2.45) is 0 Å². The van der Waals surface area contributed by atoms with E-state index in [1.54, 1.807) is 31.4 Å². The number of ketones is 1. The SMILES string of the molecule is COc1ccc(C(=O)CSc2nc(CC(=O)Nc3ccc(C)cc3)cs2)cc1. The second kappa shape index (κ2) is 9.52. The number of methoxy groups -OCH3 is 1. The number of amides is 1. The Hall–Kier alpha value is -2.64. The fourth-order valence-corrected chi connectivity index (χ4v) is 4.17. The molecule has 0 spiro atoms. The lowest BCUT2D eigenvalue weighted by atomic mass is 10.1. The molecule has 0 saturated carbocycles. The molecule has 3 aromatic rings. The Balaban J connectivity index is 1.49. The second-order valence-corrected chi connectivity index (χ2v) is 8.22. The van der Waals surface area contributed by atoms with Gasteiger partial charge in [-0.25, -0.2) is 4.98 Å². The first kappa shape index (κ1) is 20.1. The zero-order valence-electron chi connectivity index (χ0n) is 15.6. The van der Waals surface area contributed by atoms with Crippen molar-refractivity contribution in [3.63, 3.8) is 0 Å². The fourth-order valence-electron chi connectivity index (χ4n) is 2.43. The molecule has 28 heavy (non-hydrogen) atoms. The summed E-state index contributed by atoms with van der Waals surface area (Å²) in [5, 5.41) is 4.72. The Labute approximate surface area is 172 Å². The molecule has 1 N–H and O–H groups in total. The van der Waals surface area contributed by atoms with E-state index in [2.05, 4.69) is 10.3 Å². The van der Waals surface area contributed by atoms with Gasteiger partial charge in [0.1, 0.15) is 5.75 Å². The molecule has 0 unspecified atom stereocenters. The molecule has 0 aliphatic heterocycles. The van der Waals surface area contributed by atoms with Gasteiger partial charge in [0.15, 0.2) is 10.1 Å². The number of thiazole rings is 1. The summed E-state index contributed by atoms with van der Waals surface area (Å²) in [5.74, 6) is 0.939. The van der Waals surface area contributed by atoms with Crippen LogP contribution in [0.25, 0.3) is 0 Å². The summed E-state index contributed by atoms with van der Waals surface area (Å²) in [5.41, 5.74) is 3.26. The minimum absolute atomic E-state index is 0.0292. The fraction of sp³-hybridized carbons (Fsp3) is 0.190. The van der Waals surface area contributed by atoms with E-state index in [1.165, 1.54) is 23.1 Å². The van der Waals surface area contributed by atoms with Gasteiger partial charge in [-0.15, -0.1) is 11.3 Å². The van der Waals surface area contributed by atoms with Gasteiger partial charge in [-0.2, -0.15) is 0 Å². The minimum atomic E-state index is -0.111. The van der Waals surface area contributed by atoms with Crippen LogP contribution in [0.1, 0.15) is 21.6 Å². The number of aromatic nitrogens is 1. The first-order chi connectivity index (χ1) is 13.5. The summed E-state index contributed by atoms with van der Waals surface area (Å²) in [7, 11) is 1.59. The first-order valence-corrected chi connectivity index (χ1v) is 10.5. The number of carbonyl (C=O) groups is 2. The van der Waals surface area contributed by atoms with Crippen molar-refractivity contribution in [1.29, 1.82) is 0 Å². The van der Waals surface area contributed by atoms with E-state index in [0.29, 0.717) is 17.0 Å². The van der Waals surface area contributed by atoms with Crippen molar-refractivity contribution in [2.45, 2.75) is 17.7 Å². The van der Waals surface area contributed by atoms with Gasteiger partial charge in [0, 0.05) is 16.6 Å². The van der Waals surface area contributed by atoms with Crippen LogP contribution in [0.3, 0.4) is 0 Å². The highest BCUT2D eigenvalue weighted by Crippen LogP contribution is 2.24. The van der Waals surface area contributed by atoms with Crippen molar-refractivity contribution in [3.05, 3.63) is 70.7 Å². The average molecular weight is 413 g/mol. The molecule has 2 aromatic carbocycles. The maximum absolute atomic E-state index is 12.3. The third-order valence-corrected chi connectivity index (χ3v) is 6.02. The molecule has 144 valence electrons. The predicted octanol–water partition coefficient (Wildman–Crippen LogP) is 4.62. The lowest BCUT2D eigenvalue weighted by molar-refractivity contribution is -0.115. The van der Waals surface area contributed by atoms with E-state index in [4.69, 9.17) is 4.74 Å². The average Bonchev–Trinajstić information content (AvgIpc) is 3.15. The van der Waals surface area contributed by atoms with Crippen LogP contribution in [-0.4, -0.2) is 29.5 Å². The number of nitrogens with one attached hydrogen (secondary N) is 1. The molecule has 0 aliphatic carbocycles. The molecule has 1 heterocycles. The molecule has 7 heteroatoms. The predicted molar refractivity (Wildman–Crippen MR) is 114 cm³/mol. The van der Waals surface area contributed by atoms with E-state index in [-0.39, 0.29) is 18.1 Å². The highest BCUT2D eigenvalue weighted by molar-refractivity contribution is 8.01. The summed E-state index contributed by atoms with van der Waals surface area (Å²) in [4.78, 5) is 28.9. The monoisotopic (exact) mass is 412 g/mol. The quantitative estimate of drug-likeness (QED) is 0.432. The number of nitrogens with zero attached hydrogens (tertiary/aromatic N) is 1. The van der Waals surface area contributed by atoms with E-state index >= 15 is 0 Å². The molecule has 0 aliphatic rings. The number of anilines is 1. The smallest absolute Gasteiger partial charge is 0.230 e. The number of thioether (sulfide) groups is 1. The maximum Gasteiger partial charge on any atom is 0.230 e. The van der Waals surface area contributed by atoms with Crippen molar-refractivity contribution < 1.29 is 14.3 Å².